The van der Waals surface area contributed by atoms with Gasteiger partial charge < -0.3 is 19.3 Å². The van der Waals surface area contributed by atoms with E-state index in [1.165, 1.54) is 18.7 Å². The average molecular weight is 416 g/mol. The van der Waals surface area contributed by atoms with Gasteiger partial charge in [-0.3, -0.25) is 4.79 Å². The van der Waals surface area contributed by atoms with Gasteiger partial charge in [0.2, 0.25) is 0 Å². The molecule has 0 spiro atoms. The maximum atomic E-state index is 12.6. The second kappa shape index (κ2) is 9.43. The number of hydrogen-bond acceptors (Lipinski definition) is 7. The third-order valence-corrected chi connectivity index (χ3v) is 5.75. The fourth-order valence-electron chi connectivity index (χ4n) is 3.09. The highest BCUT2D eigenvalue weighted by Gasteiger charge is 2.48. The van der Waals surface area contributed by atoms with Crippen molar-refractivity contribution in [1.29, 1.82) is 0 Å². The molecule has 0 saturated carbocycles. The van der Waals surface area contributed by atoms with E-state index in [4.69, 9.17) is 14.2 Å². The molecule has 7 heteroatoms. The quantitative estimate of drug-likeness (QED) is 0.749. The summed E-state index contributed by atoms with van der Waals surface area (Å²) >= 11 is 1.33. The summed E-state index contributed by atoms with van der Waals surface area (Å²) in [5, 5.41) is 10.9. The molecule has 0 aromatic heterocycles. The van der Waals surface area contributed by atoms with Crippen LogP contribution in [0.15, 0.2) is 59.5 Å². The Morgan fingerprint density at radius 3 is 2.28 bits per heavy atom. The molecule has 3 rings (SSSR count). The SMILES string of the molecule is CC(=O)O[C@@H]1[C@@H](OC(=O)c2ccccc2)[C@@H](O)[C@H](Sc2ccc(C)cc2)O[C@H]1C. The van der Waals surface area contributed by atoms with Gasteiger partial charge in [-0.1, -0.05) is 47.7 Å². The molecule has 154 valence electrons. The predicted molar refractivity (Wildman–Crippen MR) is 109 cm³/mol. The van der Waals surface area contributed by atoms with Gasteiger partial charge in [0.05, 0.1) is 11.7 Å². The van der Waals surface area contributed by atoms with Crippen molar-refractivity contribution in [2.75, 3.05) is 0 Å². The van der Waals surface area contributed by atoms with Crippen LogP contribution >= 0.6 is 11.8 Å². The van der Waals surface area contributed by atoms with Crippen molar-refractivity contribution in [1.82, 2.24) is 0 Å². The number of ether oxygens (including phenoxy) is 3. The molecule has 2 aromatic rings. The highest BCUT2D eigenvalue weighted by Crippen LogP contribution is 2.35. The van der Waals surface area contributed by atoms with E-state index >= 15 is 0 Å². The van der Waals surface area contributed by atoms with Gasteiger partial charge in [0.15, 0.2) is 12.2 Å². The molecule has 1 N–H and O–H groups in total. The summed E-state index contributed by atoms with van der Waals surface area (Å²) in [7, 11) is 0. The topological polar surface area (TPSA) is 82.1 Å². The largest absolute Gasteiger partial charge is 0.456 e. The van der Waals surface area contributed by atoms with Gasteiger partial charge in [0.25, 0.3) is 0 Å². The monoisotopic (exact) mass is 416 g/mol. The van der Waals surface area contributed by atoms with Gasteiger partial charge >= 0.3 is 11.9 Å². The van der Waals surface area contributed by atoms with Crippen LogP contribution in [0.2, 0.25) is 0 Å². The third-order valence-electron chi connectivity index (χ3n) is 4.58. The molecule has 0 unspecified atom stereocenters. The number of carbonyl (C=O) groups excluding carboxylic acids is 2. The van der Waals surface area contributed by atoms with Crippen LogP contribution in [-0.4, -0.2) is 46.9 Å². The molecule has 2 aromatic carbocycles. The summed E-state index contributed by atoms with van der Waals surface area (Å²) in [6, 6.07) is 16.3. The van der Waals surface area contributed by atoms with Crippen LogP contribution in [-0.2, 0) is 19.0 Å². The molecule has 6 nitrogen and oxygen atoms in total. The summed E-state index contributed by atoms with van der Waals surface area (Å²) < 4.78 is 16.8. The highest BCUT2D eigenvalue weighted by atomic mass is 32.2. The Labute approximate surface area is 174 Å². The van der Waals surface area contributed by atoms with Gasteiger partial charge in [-0.05, 0) is 38.1 Å². The summed E-state index contributed by atoms with van der Waals surface area (Å²) in [5.41, 5.74) is 0.786. The maximum absolute atomic E-state index is 12.6. The zero-order valence-electron chi connectivity index (χ0n) is 16.5. The number of hydrogen-bond donors (Lipinski definition) is 1. The number of thioether (sulfide) groups is 1. The van der Waals surface area contributed by atoms with Crippen LogP contribution in [0.25, 0.3) is 0 Å². The van der Waals surface area contributed by atoms with Crippen molar-refractivity contribution in [3.05, 3.63) is 65.7 Å². The van der Waals surface area contributed by atoms with Crippen LogP contribution in [0.1, 0.15) is 29.8 Å². The first kappa shape index (κ1) is 21.4. The summed E-state index contributed by atoms with van der Waals surface area (Å²) in [6.45, 7) is 4.99. The van der Waals surface area contributed by atoms with Gasteiger partial charge in [0.1, 0.15) is 11.5 Å². The summed E-state index contributed by atoms with van der Waals surface area (Å²) in [6.07, 6.45) is -3.73. The van der Waals surface area contributed by atoms with Crippen molar-refractivity contribution in [3.8, 4) is 0 Å². The molecule has 1 saturated heterocycles. The summed E-state index contributed by atoms with van der Waals surface area (Å²) in [4.78, 5) is 25.1. The van der Waals surface area contributed by atoms with E-state index in [0.717, 1.165) is 10.5 Å². The van der Waals surface area contributed by atoms with Crippen molar-refractivity contribution >= 4 is 23.7 Å². The lowest BCUT2D eigenvalue weighted by molar-refractivity contribution is -0.210. The molecule has 0 aliphatic carbocycles. The van der Waals surface area contributed by atoms with Crippen LogP contribution in [0, 0.1) is 6.92 Å². The minimum absolute atomic E-state index is 0.350. The van der Waals surface area contributed by atoms with Gasteiger partial charge in [0, 0.05) is 11.8 Å². The fraction of sp³-hybridized carbons (Fsp3) is 0.364. The number of esters is 2. The van der Waals surface area contributed by atoms with Crippen molar-refractivity contribution in [2.24, 2.45) is 0 Å². The lowest BCUT2D eigenvalue weighted by atomic mass is 10.00. The first-order chi connectivity index (χ1) is 13.8. The molecular weight excluding hydrogens is 392 g/mol. The molecule has 0 amide bonds. The van der Waals surface area contributed by atoms with Crippen LogP contribution in [0.3, 0.4) is 0 Å². The molecule has 1 fully saturated rings. The van der Waals surface area contributed by atoms with E-state index in [1.54, 1.807) is 37.3 Å². The van der Waals surface area contributed by atoms with E-state index in [1.807, 2.05) is 31.2 Å². The molecular formula is C22H24O6S. The van der Waals surface area contributed by atoms with E-state index in [0.29, 0.717) is 5.56 Å². The minimum Gasteiger partial charge on any atom is -0.456 e. The smallest absolute Gasteiger partial charge is 0.338 e. The third kappa shape index (κ3) is 5.38. The molecule has 1 aliphatic heterocycles. The Morgan fingerprint density at radius 2 is 1.66 bits per heavy atom. The molecule has 29 heavy (non-hydrogen) atoms. The number of benzene rings is 2. The lowest BCUT2D eigenvalue weighted by Crippen LogP contribution is -2.58. The molecule has 5 atom stereocenters. The Kier molecular flexibility index (Phi) is 6.95. The first-order valence-electron chi connectivity index (χ1n) is 9.35. The number of aliphatic hydroxyl groups excluding tert-OH is 1. The van der Waals surface area contributed by atoms with E-state index < -0.39 is 41.8 Å². The van der Waals surface area contributed by atoms with Crippen molar-refractivity contribution in [3.63, 3.8) is 0 Å². The number of aryl methyl sites for hydroxylation is 1. The van der Waals surface area contributed by atoms with Crippen molar-refractivity contribution in [2.45, 2.75) is 55.5 Å². The van der Waals surface area contributed by atoms with Crippen LogP contribution in [0.5, 0.6) is 0 Å². The zero-order chi connectivity index (χ0) is 21.0. The van der Waals surface area contributed by atoms with Gasteiger partial charge in [-0.2, -0.15) is 0 Å². The molecule has 1 aliphatic rings. The standard InChI is InChI=1S/C22H24O6S/c1-13-9-11-17(12-10-13)29-22-18(24)20(19(14(2)26-22)27-15(3)23)28-21(25)16-7-5-4-6-8-16/h4-12,14,18-20,22,24H,1-3H3/t14-,18+,19-,20-,22-/m0/s1. The maximum Gasteiger partial charge on any atom is 0.338 e. The zero-order valence-corrected chi connectivity index (χ0v) is 17.3. The Morgan fingerprint density at radius 1 is 1.00 bits per heavy atom. The normalized spacial score (nSPS) is 26.6. The number of carbonyl (C=O) groups is 2. The van der Waals surface area contributed by atoms with E-state index in [9.17, 15) is 14.7 Å². The van der Waals surface area contributed by atoms with Crippen LogP contribution in [0.4, 0.5) is 0 Å². The highest BCUT2D eigenvalue weighted by molar-refractivity contribution is 7.99. The van der Waals surface area contributed by atoms with E-state index in [2.05, 4.69) is 0 Å². The number of rotatable bonds is 5. The fourth-order valence-corrected chi connectivity index (χ4v) is 4.18. The predicted octanol–water partition coefficient (Wildman–Crippen LogP) is 3.35. The Bertz CT molecular complexity index is 838. The Hall–Kier alpha value is -2.35. The van der Waals surface area contributed by atoms with Gasteiger partial charge in [-0.25, -0.2) is 4.79 Å². The molecule has 0 bridgehead atoms. The lowest BCUT2D eigenvalue weighted by Gasteiger charge is -2.42. The van der Waals surface area contributed by atoms with Gasteiger partial charge in [-0.15, -0.1) is 0 Å². The first-order valence-corrected chi connectivity index (χ1v) is 10.2. The second-order valence-corrected chi connectivity index (χ2v) is 8.11. The second-order valence-electron chi connectivity index (χ2n) is 6.94. The summed E-state index contributed by atoms with van der Waals surface area (Å²) in [5.74, 6) is -1.14. The Balaban J connectivity index is 1.81. The van der Waals surface area contributed by atoms with E-state index in [-0.39, 0.29) is 0 Å². The molecule has 0 radical (unpaired) electrons. The number of aliphatic hydroxyl groups is 1. The van der Waals surface area contributed by atoms with Crippen molar-refractivity contribution < 1.29 is 28.9 Å². The minimum atomic E-state index is -1.19. The molecule has 1 heterocycles. The average Bonchev–Trinajstić information content (AvgIpc) is 2.70. The van der Waals surface area contributed by atoms with Crippen LogP contribution < -0.4 is 0 Å².